The first-order valence-electron chi connectivity index (χ1n) is 5.28. The van der Waals surface area contributed by atoms with Crippen LogP contribution in [0.25, 0.3) is 0 Å². The Morgan fingerprint density at radius 1 is 1.38 bits per heavy atom. The van der Waals surface area contributed by atoms with Crippen molar-refractivity contribution >= 4 is 5.97 Å². The van der Waals surface area contributed by atoms with Gasteiger partial charge in [-0.25, -0.2) is 4.79 Å². The van der Waals surface area contributed by atoms with Gasteiger partial charge >= 0.3 is 11.8 Å². The summed E-state index contributed by atoms with van der Waals surface area (Å²) in [6, 6.07) is 8.45. The number of aliphatic carboxylic acids is 1. The van der Waals surface area contributed by atoms with Gasteiger partial charge in [0.25, 0.3) is 0 Å². The number of carboxylic acid groups (broad SMARTS) is 1. The smallest absolute Gasteiger partial charge is 0.377 e. The molecule has 0 aliphatic rings. The Morgan fingerprint density at radius 2 is 2.00 bits per heavy atom. The highest BCUT2D eigenvalue weighted by molar-refractivity contribution is 5.75. The lowest BCUT2D eigenvalue weighted by Gasteiger charge is -2.24. The molecule has 0 bridgehead atoms. The van der Waals surface area contributed by atoms with Crippen LogP contribution >= 0.6 is 0 Å². The summed E-state index contributed by atoms with van der Waals surface area (Å²) in [7, 11) is 0. The average Bonchev–Trinajstić information content (AvgIpc) is 2.27. The second-order valence-corrected chi connectivity index (χ2v) is 3.61. The number of benzene rings is 1. The van der Waals surface area contributed by atoms with Gasteiger partial charge in [-0.1, -0.05) is 31.5 Å². The highest BCUT2D eigenvalue weighted by atomic mass is 16.6. The first kappa shape index (κ1) is 12.5. The Balaban J connectivity index is 2.75. The van der Waals surface area contributed by atoms with Crippen molar-refractivity contribution in [2.45, 2.75) is 32.0 Å². The van der Waals surface area contributed by atoms with Crippen LogP contribution in [-0.2, 0) is 4.79 Å². The Bertz CT molecular complexity index is 336. The fourth-order valence-corrected chi connectivity index (χ4v) is 1.30. The summed E-state index contributed by atoms with van der Waals surface area (Å²) in [5, 5.41) is 18.8. The Morgan fingerprint density at radius 3 is 2.50 bits per heavy atom. The molecule has 1 aromatic carbocycles. The number of carbonyl (C=O) groups is 1. The average molecular weight is 224 g/mol. The lowest BCUT2D eigenvalue weighted by Crippen LogP contribution is -2.44. The molecule has 1 atom stereocenters. The van der Waals surface area contributed by atoms with Gasteiger partial charge < -0.3 is 14.9 Å². The highest BCUT2D eigenvalue weighted by Crippen LogP contribution is 2.21. The fraction of sp³-hybridized carbons (Fsp3) is 0.417. The van der Waals surface area contributed by atoms with E-state index in [-0.39, 0.29) is 6.42 Å². The van der Waals surface area contributed by atoms with E-state index in [1.165, 1.54) is 0 Å². The molecule has 0 aromatic heterocycles. The van der Waals surface area contributed by atoms with Crippen molar-refractivity contribution in [3.8, 4) is 5.75 Å². The summed E-state index contributed by atoms with van der Waals surface area (Å²) in [5.74, 6) is -3.13. The van der Waals surface area contributed by atoms with E-state index in [0.29, 0.717) is 12.2 Å². The molecular formula is C12H16O4. The second kappa shape index (κ2) is 5.51. The normalized spacial score (nSPS) is 14.1. The van der Waals surface area contributed by atoms with Crippen LogP contribution in [-0.4, -0.2) is 22.0 Å². The molecule has 0 heterocycles. The van der Waals surface area contributed by atoms with Gasteiger partial charge in [0.1, 0.15) is 5.75 Å². The lowest BCUT2D eigenvalue weighted by molar-refractivity contribution is -0.196. The van der Waals surface area contributed by atoms with Gasteiger partial charge in [-0.2, -0.15) is 0 Å². The molecule has 0 aliphatic carbocycles. The van der Waals surface area contributed by atoms with E-state index < -0.39 is 11.8 Å². The van der Waals surface area contributed by atoms with Crippen LogP contribution < -0.4 is 4.74 Å². The van der Waals surface area contributed by atoms with Crippen LogP contribution in [0.1, 0.15) is 26.2 Å². The molecule has 2 N–H and O–H groups in total. The third-order valence-corrected chi connectivity index (χ3v) is 2.23. The van der Waals surface area contributed by atoms with E-state index in [4.69, 9.17) is 9.84 Å². The molecule has 1 rings (SSSR count). The summed E-state index contributed by atoms with van der Waals surface area (Å²) in [4.78, 5) is 11.0. The van der Waals surface area contributed by atoms with E-state index in [1.807, 2.05) is 6.92 Å². The molecule has 0 aliphatic heterocycles. The van der Waals surface area contributed by atoms with Gasteiger partial charge in [0.05, 0.1) is 0 Å². The van der Waals surface area contributed by atoms with Gasteiger partial charge in [0.2, 0.25) is 0 Å². The molecular weight excluding hydrogens is 208 g/mol. The van der Waals surface area contributed by atoms with Gasteiger partial charge in [-0.3, -0.25) is 0 Å². The Hall–Kier alpha value is -1.55. The second-order valence-electron chi connectivity index (χ2n) is 3.61. The van der Waals surface area contributed by atoms with Crippen LogP contribution in [0, 0.1) is 0 Å². The highest BCUT2D eigenvalue weighted by Gasteiger charge is 2.37. The zero-order valence-electron chi connectivity index (χ0n) is 9.22. The molecule has 16 heavy (non-hydrogen) atoms. The number of unbranched alkanes of at least 4 members (excludes halogenated alkanes) is 1. The van der Waals surface area contributed by atoms with E-state index in [9.17, 15) is 9.90 Å². The van der Waals surface area contributed by atoms with Gasteiger partial charge in [-0.05, 0) is 18.6 Å². The van der Waals surface area contributed by atoms with E-state index in [1.54, 1.807) is 30.3 Å². The number of carboxylic acids is 1. The monoisotopic (exact) mass is 224 g/mol. The number of hydrogen-bond donors (Lipinski definition) is 2. The zero-order chi connectivity index (χ0) is 12.0. The molecule has 88 valence electrons. The number of ether oxygens (including phenoxy) is 1. The molecule has 0 spiro atoms. The number of rotatable bonds is 6. The molecule has 4 nitrogen and oxygen atoms in total. The van der Waals surface area contributed by atoms with Crippen LogP contribution in [0.4, 0.5) is 0 Å². The molecule has 0 saturated carbocycles. The Labute approximate surface area is 94.5 Å². The minimum atomic E-state index is -2.13. The number of hydrogen-bond acceptors (Lipinski definition) is 3. The van der Waals surface area contributed by atoms with Crippen molar-refractivity contribution in [1.82, 2.24) is 0 Å². The van der Waals surface area contributed by atoms with Crippen molar-refractivity contribution in [1.29, 1.82) is 0 Å². The predicted octanol–water partition coefficient (Wildman–Crippen LogP) is 2.03. The molecule has 0 amide bonds. The minimum absolute atomic E-state index is 0.0771. The summed E-state index contributed by atoms with van der Waals surface area (Å²) in [6.45, 7) is 1.92. The first-order valence-corrected chi connectivity index (χ1v) is 5.28. The maximum Gasteiger partial charge on any atom is 0.377 e. The molecule has 0 saturated heterocycles. The zero-order valence-corrected chi connectivity index (χ0v) is 9.22. The molecule has 0 fully saturated rings. The summed E-state index contributed by atoms with van der Waals surface area (Å²) in [6.07, 6.45) is 1.47. The van der Waals surface area contributed by atoms with Gasteiger partial charge in [0, 0.05) is 6.42 Å². The summed E-state index contributed by atoms with van der Waals surface area (Å²) >= 11 is 0. The third-order valence-electron chi connectivity index (χ3n) is 2.23. The van der Waals surface area contributed by atoms with E-state index in [0.717, 1.165) is 6.42 Å². The van der Waals surface area contributed by atoms with Crippen LogP contribution in [0.3, 0.4) is 0 Å². The maximum atomic E-state index is 11.0. The fourth-order valence-electron chi connectivity index (χ4n) is 1.30. The lowest BCUT2D eigenvalue weighted by atomic mass is 10.1. The summed E-state index contributed by atoms with van der Waals surface area (Å²) < 4.78 is 5.12. The van der Waals surface area contributed by atoms with Gasteiger partial charge in [-0.15, -0.1) is 0 Å². The van der Waals surface area contributed by atoms with Crippen molar-refractivity contribution in [3.63, 3.8) is 0 Å². The van der Waals surface area contributed by atoms with Crippen molar-refractivity contribution in [2.24, 2.45) is 0 Å². The maximum absolute atomic E-state index is 11.0. The third kappa shape index (κ3) is 3.24. The van der Waals surface area contributed by atoms with Gasteiger partial charge in [0.15, 0.2) is 0 Å². The standard InChI is InChI=1S/C12H16O4/c1-2-3-9-12(15,11(13)14)16-10-7-5-4-6-8-10/h4-8,15H,2-3,9H2,1H3,(H,13,14). The predicted molar refractivity (Wildman–Crippen MR) is 59.2 cm³/mol. The Kier molecular flexibility index (Phi) is 4.31. The summed E-state index contributed by atoms with van der Waals surface area (Å²) in [5.41, 5.74) is 0. The first-order chi connectivity index (χ1) is 7.58. The molecule has 1 unspecified atom stereocenters. The number of aliphatic hydroxyl groups is 1. The minimum Gasteiger partial charge on any atom is -0.476 e. The van der Waals surface area contributed by atoms with E-state index >= 15 is 0 Å². The van der Waals surface area contributed by atoms with Crippen molar-refractivity contribution in [2.75, 3.05) is 0 Å². The number of para-hydroxylation sites is 1. The van der Waals surface area contributed by atoms with Crippen LogP contribution in [0.15, 0.2) is 30.3 Å². The molecule has 0 radical (unpaired) electrons. The SMILES string of the molecule is CCCCC(O)(Oc1ccccc1)C(=O)O. The van der Waals surface area contributed by atoms with Crippen LogP contribution in [0.5, 0.6) is 5.75 Å². The molecule has 1 aromatic rings. The topological polar surface area (TPSA) is 66.8 Å². The molecule has 4 heteroatoms. The van der Waals surface area contributed by atoms with Crippen LogP contribution in [0.2, 0.25) is 0 Å². The van der Waals surface area contributed by atoms with E-state index in [2.05, 4.69) is 0 Å². The largest absolute Gasteiger partial charge is 0.476 e. The quantitative estimate of drug-likeness (QED) is 0.725. The van der Waals surface area contributed by atoms with Crippen molar-refractivity contribution in [3.05, 3.63) is 30.3 Å². The van der Waals surface area contributed by atoms with Crippen molar-refractivity contribution < 1.29 is 19.7 Å².